The van der Waals surface area contributed by atoms with E-state index in [1.807, 2.05) is 0 Å². The zero-order valence-corrected chi connectivity index (χ0v) is 11.6. The largest absolute Gasteiger partial charge is 0.391 e. The molecule has 0 spiro atoms. The Bertz CT molecular complexity index is 523. The van der Waals surface area contributed by atoms with Gasteiger partial charge >= 0.3 is 0 Å². The normalized spacial score (nSPS) is 16.4. The fraction of sp³-hybridized carbons (Fsp3) is 0.500. The van der Waals surface area contributed by atoms with Gasteiger partial charge in [0, 0.05) is 18.4 Å². The summed E-state index contributed by atoms with van der Waals surface area (Å²) in [5, 5.41) is 12.2. The SMILES string of the molecule is Cc1[nH]cc(C(=O)NC[C@H](O)C2CC2)c(=O)c1Br. The van der Waals surface area contributed by atoms with Gasteiger partial charge in [0.05, 0.1) is 10.6 Å². The smallest absolute Gasteiger partial charge is 0.256 e. The highest BCUT2D eigenvalue weighted by Crippen LogP contribution is 2.32. The lowest BCUT2D eigenvalue weighted by Gasteiger charge is -2.10. The van der Waals surface area contributed by atoms with Crippen LogP contribution in [0.2, 0.25) is 0 Å². The van der Waals surface area contributed by atoms with Gasteiger partial charge in [0.25, 0.3) is 5.91 Å². The van der Waals surface area contributed by atoms with E-state index in [9.17, 15) is 14.7 Å². The van der Waals surface area contributed by atoms with E-state index < -0.39 is 12.0 Å². The molecule has 1 aliphatic rings. The Hall–Kier alpha value is -1.14. The molecule has 0 bridgehead atoms. The van der Waals surface area contributed by atoms with Crippen LogP contribution in [-0.4, -0.2) is 28.6 Å². The van der Waals surface area contributed by atoms with Crippen molar-refractivity contribution in [2.24, 2.45) is 5.92 Å². The van der Waals surface area contributed by atoms with Gasteiger partial charge in [-0.25, -0.2) is 0 Å². The van der Waals surface area contributed by atoms with E-state index in [2.05, 4.69) is 26.2 Å². The van der Waals surface area contributed by atoms with Gasteiger partial charge in [0.1, 0.15) is 5.56 Å². The number of hydrogen-bond donors (Lipinski definition) is 3. The zero-order chi connectivity index (χ0) is 13.3. The quantitative estimate of drug-likeness (QED) is 0.773. The van der Waals surface area contributed by atoms with Gasteiger partial charge in [-0.15, -0.1) is 0 Å². The lowest BCUT2D eigenvalue weighted by Crippen LogP contribution is -2.35. The first-order chi connectivity index (χ1) is 8.50. The standard InChI is InChI=1S/C12H15BrN2O3/c1-6-10(13)11(17)8(4-14-6)12(18)15-5-9(16)7-2-3-7/h4,7,9,16H,2-3,5H2,1H3,(H,14,17)(H,15,18)/t9-/m0/s1. The van der Waals surface area contributed by atoms with E-state index in [0.29, 0.717) is 16.1 Å². The van der Waals surface area contributed by atoms with E-state index in [4.69, 9.17) is 0 Å². The molecule has 0 aromatic carbocycles. The highest BCUT2D eigenvalue weighted by atomic mass is 79.9. The summed E-state index contributed by atoms with van der Waals surface area (Å²) in [6.45, 7) is 1.93. The molecule has 1 aromatic heterocycles. The summed E-state index contributed by atoms with van der Waals surface area (Å²) in [4.78, 5) is 26.5. The van der Waals surface area contributed by atoms with Gasteiger partial charge in [-0.3, -0.25) is 9.59 Å². The molecule has 0 radical (unpaired) electrons. The highest BCUT2D eigenvalue weighted by Gasteiger charge is 2.29. The maximum Gasteiger partial charge on any atom is 0.256 e. The predicted octanol–water partition coefficient (Wildman–Crippen LogP) is 0.947. The summed E-state index contributed by atoms with van der Waals surface area (Å²) < 4.78 is 0.359. The number of aryl methyl sites for hydroxylation is 1. The molecular weight excluding hydrogens is 300 g/mol. The molecule has 1 saturated carbocycles. The van der Waals surface area contributed by atoms with E-state index in [0.717, 1.165) is 12.8 Å². The number of hydrogen-bond acceptors (Lipinski definition) is 3. The highest BCUT2D eigenvalue weighted by molar-refractivity contribution is 9.10. The molecule has 1 fully saturated rings. The molecule has 1 amide bonds. The Balaban J connectivity index is 2.04. The molecule has 3 N–H and O–H groups in total. The first-order valence-electron chi connectivity index (χ1n) is 5.84. The van der Waals surface area contributed by atoms with E-state index in [1.165, 1.54) is 6.20 Å². The number of aromatic amines is 1. The van der Waals surface area contributed by atoms with E-state index in [-0.39, 0.29) is 17.5 Å². The summed E-state index contributed by atoms with van der Waals surface area (Å²) in [6, 6.07) is 0. The fourth-order valence-corrected chi connectivity index (χ4v) is 2.03. The molecule has 5 nitrogen and oxygen atoms in total. The number of halogens is 1. The average molecular weight is 315 g/mol. The van der Waals surface area contributed by atoms with E-state index in [1.54, 1.807) is 6.92 Å². The molecule has 1 heterocycles. The molecule has 98 valence electrons. The Labute approximate surface area is 113 Å². The number of carbonyl (C=O) groups excluding carboxylic acids is 1. The zero-order valence-electron chi connectivity index (χ0n) is 10.00. The van der Waals surface area contributed by atoms with Crippen LogP contribution < -0.4 is 10.7 Å². The van der Waals surface area contributed by atoms with Crippen LogP contribution in [0.1, 0.15) is 28.9 Å². The first-order valence-corrected chi connectivity index (χ1v) is 6.64. The molecule has 1 aliphatic carbocycles. The molecule has 18 heavy (non-hydrogen) atoms. The van der Waals surface area contributed by atoms with Crippen LogP contribution in [0.25, 0.3) is 0 Å². The minimum absolute atomic E-state index is 0.0514. The summed E-state index contributed by atoms with van der Waals surface area (Å²) in [5.74, 6) is -0.162. The number of H-pyrrole nitrogens is 1. The van der Waals surface area contributed by atoms with Crippen LogP contribution in [0.15, 0.2) is 15.5 Å². The average Bonchev–Trinajstić information content (AvgIpc) is 3.17. The van der Waals surface area contributed by atoms with Crippen molar-refractivity contribution in [3.05, 3.63) is 32.2 Å². The molecule has 6 heteroatoms. The molecule has 1 atom stereocenters. The van der Waals surface area contributed by atoms with Crippen molar-refractivity contribution in [1.29, 1.82) is 0 Å². The van der Waals surface area contributed by atoms with Crippen molar-refractivity contribution in [3.8, 4) is 0 Å². The third-order valence-electron chi connectivity index (χ3n) is 3.09. The van der Waals surface area contributed by atoms with Crippen molar-refractivity contribution < 1.29 is 9.90 Å². The minimum Gasteiger partial charge on any atom is -0.391 e. The third-order valence-corrected chi connectivity index (χ3v) is 4.04. The van der Waals surface area contributed by atoms with Crippen LogP contribution in [0, 0.1) is 12.8 Å². The number of aliphatic hydroxyl groups excluding tert-OH is 1. The number of amides is 1. The Morgan fingerprint density at radius 3 is 2.94 bits per heavy atom. The van der Waals surface area contributed by atoms with Gasteiger partial charge in [-0.2, -0.15) is 0 Å². The maximum atomic E-state index is 11.8. The number of nitrogens with one attached hydrogen (secondary N) is 2. The summed E-state index contributed by atoms with van der Waals surface area (Å²) >= 11 is 3.14. The minimum atomic E-state index is -0.512. The Kier molecular flexibility index (Phi) is 3.87. The lowest BCUT2D eigenvalue weighted by atomic mass is 10.2. The van der Waals surface area contributed by atoms with Gasteiger partial charge in [-0.1, -0.05) is 0 Å². The first kappa shape index (κ1) is 13.3. The molecule has 0 aliphatic heterocycles. The van der Waals surface area contributed by atoms with Gasteiger partial charge in [0.2, 0.25) is 5.43 Å². The van der Waals surface area contributed by atoms with Gasteiger partial charge in [-0.05, 0) is 41.6 Å². The van der Waals surface area contributed by atoms with Crippen molar-refractivity contribution >= 4 is 21.8 Å². The summed E-state index contributed by atoms with van der Waals surface area (Å²) in [5.41, 5.74) is 0.384. The van der Waals surface area contributed by atoms with Crippen molar-refractivity contribution in [2.45, 2.75) is 25.9 Å². The van der Waals surface area contributed by atoms with Crippen LogP contribution in [-0.2, 0) is 0 Å². The second kappa shape index (κ2) is 5.24. The Morgan fingerprint density at radius 1 is 1.67 bits per heavy atom. The van der Waals surface area contributed by atoms with Crippen LogP contribution in [0.4, 0.5) is 0 Å². The fourth-order valence-electron chi connectivity index (χ4n) is 1.71. The maximum absolute atomic E-state index is 11.8. The number of aromatic nitrogens is 1. The molecule has 0 saturated heterocycles. The van der Waals surface area contributed by atoms with Crippen molar-refractivity contribution in [3.63, 3.8) is 0 Å². The summed E-state index contributed by atoms with van der Waals surface area (Å²) in [6.07, 6.45) is 2.89. The Morgan fingerprint density at radius 2 is 2.33 bits per heavy atom. The molecule has 0 unspecified atom stereocenters. The van der Waals surface area contributed by atoms with Crippen molar-refractivity contribution in [2.75, 3.05) is 6.54 Å². The number of rotatable bonds is 4. The van der Waals surface area contributed by atoms with Gasteiger partial charge < -0.3 is 15.4 Å². The number of pyridine rings is 1. The van der Waals surface area contributed by atoms with Gasteiger partial charge in [0.15, 0.2) is 0 Å². The molecule has 1 aromatic rings. The topological polar surface area (TPSA) is 82.2 Å². The van der Waals surface area contributed by atoms with E-state index >= 15 is 0 Å². The third kappa shape index (κ3) is 2.81. The molecule has 2 rings (SSSR count). The predicted molar refractivity (Wildman–Crippen MR) is 70.6 cm³/mol. The van der Waals surface area contributed by atoms with Crippen molar-refractivity contribution in [1.82, 2.24) is 10.3 Å². The van der Waals surface area contributed by atoms with Crippen LogP contribution in [0.3, 0.4) is 0 Å². The van der Waals surface area contributed by atoms with Crippen LogP contribution in [0.5, 0.6) is 0 Å². The molecular formula is C12H15BrN2O3. The second-order valence-electron chi connectivity index (χ2n) is 4.59. The monoisotopic (exact) mass is 314 g/mol. The lowest BCUT2D eigenvalue weighted by molar-refractivity contribution is 0.0899. The number of carbonyl (C=O) groups is 1. The number of aliphatic hydroxyl groups is 1. The second-order valence-corrected chi connectivity index (χ2v) is 5.38. The van der Waals surface area contributed by atoms with Crippen LogP contribution >= 0.6 is 15.9 Å². The summed E-state index contributed by atoms with van der Waals surface area (Å²) in [7, 11) is 0.